The molecule has 6 nitrogen and oxygen atoms in total. The summed E-state index contributed by atoms with van der Waals surface area (Å²) in [6, 6.07) is 10.5. The molecule has 2 aromatic carbocycles. The van der Waals surface area contributed by atoms with Crippen molar-refractivity contribution in [1.82, 2.24) is 10.4 Å². The maximum atomic E-state index is 11.8. The molecule has 0 aliphatic carbocycles. The Morgan fingerprint density at radius 3 is 2.92 bits per heavy atom. The Hall–Kier alpha value is -2.29. The van der Waals surface area contributed by atoms with Gasteiger partial charge in [-0.05, 0) is 29.8 Å². The number of carbonyl (C=O) groups excluding carboxylic acids is 1. The first-order valence-corrected chi connectivity index (χ1v) is 9.22. The maximum absolute atomic E-state index is 11.8. The number of amides is 1. The molecule has 128 valence electrons. The summed E-state index contributed by atoms with van der Waals surface area (Å²) in [7, 11) is 0. The van der Waals surface area contributed by atoms with Crippen LogP contribution in [-0.4, -0.2) is 33.1 Å². The average molecular weight is 394 g/mol. The molecule has 25 heavy (non-hydrogen) atoms. The van der Waals surface area contributed by atoms with Crippen molar-refractivity contribution in [2.75, 3.05) is 5.75 Å². The van der Waals surface area contributed by atoms with Crippen LogP contribution < -0.4 is 5.43 Å². The van der Waals surface area contributed by atoms with E-state index in [1.807, 2.05) is 24.3 Å². The number of para-hydroxylation sites is 1. The van der Waals surface area contributed by atoms with E-state index in [0.29, 0.717) is 5.56 Å². The van der Waals surface area contributed by atoms with Crippen LogP contribution in [0.1, 0.15) is 5.56 Å². The standard InChI is InChI=1S/C16H12ClN3O3S2/c17-10-5-9(6-12(21)15(10)23)7-18-20-14(22)8-24-16-19-11-3-1-2-4-13(11)25-16/h1-7,21,23H,8H2,(H,20,22)/b18-7+. The first kappa shape index (κ1) is 17.5. The fraction of sp³-hybridized carbons (Fsp3) is 0.0625. The highest BCUT2D eigenvalue weighted by Crippen LogP contribution is 2.33. The normalized spacial score (nSPS) is 11.2. The molecule has 0 spiro atoms. The number of phenols is 2. The van der Waals surface area contributed by atoms with Crippen LogP contribution in [0.5, 0.6) is 11.5 Å². The van der Waals surface area contributed by atoms with Crippen molar-refractivity contribution in [2.24, 2.45) is 5.10 Å². The summed E-state index contributed by atoms with van der Waals surface area (Å²) >= 11 is 8.61. The molecule has 3 rings (SSSR count). The molecule has 0 saturated carbocycles. The molecule has 0 saturated heterocycles. The van der Waals surface area contributed by atoms with Gasteiger partial charge in [0.15, 0.2) is 15.8 Å². The van der Waals surface area contributed by atoms with Crippen LogP contribution in [0.15, 0.2) is 45.8 Å². The fourth-order valence-corrected chi connectivity index (χ4v) is 4.01. The predicted molar refractivity (Wildman–Crippen MR) is 101 cm³/mol. The topological polar surface area (TPSA) is 94.8 Å². The van der Waals surface area contributed by atoms with E-state index in [9.17, 15) is 15.0 Å². The molecule has 0 unspecified atom stereocenters. The molecule has 3 N–H and O–H groups in total. The van der Waals surface area contributed by atoms with Gasteiger partial charge in [0.25, 0.3) is 5.91 Å². The Labute approximate surface area is 156 Å². The van der Waals surface area contributed by atoms with Crippen LogP contribution in [0.4, 0.5) is 0 Å². The number of rotatable bonds is 5. The van der Waals surface area contributed by atoms with Crippen molar-refractivity contribution < 1.29 is 15.0 Å². The number of thioether (sulfide) groups is 1. The van der Waals surface area contributed by atoms with Gasteiger partial charge in [0.2, 0.25) is 0 Å². The minimum Gasteiger partial charge on any atom is -0.504 e. The third-order valence-electron chi connectivity index (χ3n) is 3.07. The number of carbonyl (C=O) groups is 1. The van der Waals surface area contributed by atoms with E-state index in [4.69, 9.17) is 11.6 Å². The van der Waals surface area contributed by atoms with Crippen molar-refractivity contribution in [3.63, 3.8) is 0 Å². The van der Waals surface area contributed by atoms with Crippen molar-refractivity contribution in [2.45, 2.75) is 4.34 Å². The molecule has 0 fully saturated rings. The molecule has 0 bridgehead atoms. The van der Waals surface area contributed by atoms with E-state index in [2.05, 4.69) is 15.5 Å². The summed E-state index contributed by atoms with van der Waals surface area (Å²) in [5, 5.41) is 22.6. The summed E-state index contributed by atoms with van der Waals surface area (Å²) in [6.07, 6.45) is 1.32. The number of thiazole rings is 1. The Kier molecular flexibility index (Phi) is 5.42. The van der Waals surface area contributed by atoms with Crippen molar-refractivity contribution in [3.8, 4) is 11.5 Å². The zero-order chi connectivity index (χ0) is 17.8. The van der Waals surface area contributed by atoms with Gasteiger partial charge >= 0.3 is 0 Å². The summed E-state index contributed by atoms with van der Waals surface area (Å²) in [6.45, 7) is 0. The minimum atomic E-state index is -0.393. The second-order valence-corrected chi connectivity index (χ2v) is 7.56. The molecule has 9 heteroatoms. The molecule has 1 amide bonds. The van der Waals surface area contributed by atoms with Gasteiger partial charge in [-0.2, -0.15) is 5.10 Å². The lowest BCUT2D eigenvalue weighted by Gasteiger charge is -2.02. The van der Waals surface area contributed by atoms with Crippen LogP contribution in [0, 0.1) is 0 Å². The zero-order valence-corrected chi connectivity index (χ0v) is 15.0. The van der Waals surface area contributed by atoms with Crippen LogP contribution in [0.25, 0.3) is 10.2 Å². The van der Waals surface area contributed by atoms with Crippen LogP contribution in [-0.2, 0) is 4.79 Å². The lowest BCUT2D eigenvalue weighted by atomic mass is 10.2. The largest absolute Gasteiger partial charge is 0.504 e. The highest BCUT2D eigenvalue weighted by molar-refractivity contribution is 8.01. The number of hydrogen-bond donors (Lipinski definition) is 3. The van der Waals surface area contributed by atoms with Crippen LogP contribution in [0.3, 0.4) is 0 Å². The van der Waals surface area contributed by atoms with Crippen LogP contribution >= 0.6 is 34.7 Å². The molecule has 3 aromatic rings. The highest BCUT2D eigenvalue weighted by atomic mass is 35.5. The maximum Gasteiger partial charge on any atom is 0.250 e. The van der Waals surface area contributed by atoms with Gasteiger partial charge in [-0.3, -0.25) is 4.79 Å². The second-order valence-electron chi connectivity index (χ2n) is 4.90. The quantitative estimate of drug-likeness (QED) is 0.266. The first-order valence-electron chi connectivity index (χ1n) is 7.04. The van der Waals surface area contributed by atoms with Gasteiger partial charge in [-0.15, -0.1) is 11.3 Å². The third-order valence-corrected chi connectivity index (χ3v) is 5.54. The van der Waals surface area contributed by atoms with E-state index in [0.717, 1.165) is 14.6 Å². The van der Waals surface area contributed by atoms with E-state index in [-0.39, 0.29) is 22.4 Å². The molecule has 0 radical (unpaired) electrons. The lowest BCUT2D eigenvalue weighted by molar-refractivity contribution is -0.118. The molecule has 1 aromatic heterocycles. The van der Waals surface area contributed by atoms with Gasteiger partial charge < -0.3 is 10.2 Å². The van der Waals surface area contributed by atoms with E-state index < -0.39 is 5.75 Å². The summed E-state index contributed by atoms with van der Waals surface area (Å²) < 4.78 is 1.89. The molecular formula is C16H12ClN3O3S2. The Morgan fingerprint density at radius 2 is 2.16 bits per heavy atom. The average Bonchev–Trinajstić information content (AvgIpc) is 3.01. The SMILES string of the molecule is O=C(CSc1nc2ccccc2s1)N/N=C/c1cc(O)c(O)c(Cl)c1. The van der Waals surface area contributed by atoms with E-state index in [1.54, 1.807) is 0 Å². The molecule has 0 atom stereocenters. The summed E-state index contributed by atoms with van der Waals surface area (Å²) in [5.41, 5.74) is 3.75. The first-order chi connectivity index (χ1) is 12.0. The monoisotopic (exact) mass is 393 g/mol. The molecule has 0 aliphatic heterocycles. The third kappa shape index (κ3) is 4.41. The number of aromatic hydroxyl groups is 2. The predicted octanol–water partition coefficient (Wildman–Crippen LogP) is 3.60. The van der Waals surface area contributed by atoms with E-state index >= 15 is 0 Å². The lowest BCUT2D eigenvalue weighted by Crippen LogP contribution is -2.19. The number of halogens is 1. The van der Waals surface area contributed by atoms with Gasteiger partial charge in [-0.25, -0.2) is 10.4 Å². The Morgan fingerprint density at radius 1 is 1.36 bits per heavy atom. The Balaban J connectivity index is 1.54. The van der Waals surface area contributed by atoms with Crippen molar-refractivity contribution in [1.29, 1.82) is 0 Å². The fourth-order valence-electron chi connectivity index (χ4n) is 1.93. The van der Waals surface area contributed by atoms with Gasteiger partial charge in [0, 0.05) is 0 Å². The van der Waals surface area contributed by atoms with Gasteiger partial charge in [-0.1, -0.05) is 35.5 Å². The molecule has 1 heterocycles. The number of nitrogens with zero attached hydrogens (tertiary/aromatic N) is 2. The van der Waals surface area contributed by atoms with Crippen LogP contribution in [0.2, 0.25) is 5.02 Å². The van der Waals surface area contributed by atoms with Gasteiger partial charge in [0.05, 0.1) is 27.2 Å². The number of aromatic nitrogens is 1. The van der Waals surface area contributed by atoms with Gasteiger partial charge in [0.1, 0.15) is 0 Å². The molecular weight excluding hydrogens is 382 g/mol. The van der Waals surface area contributed by atoms with Crippen molar-refractivity contribution in [3.05, 3.63) is 47.0 Å². The Bertz CT molecular complexity index is 903. The zero-order valence-electron chi connectivity index (χ0n) is 12.6. The van der Waals surface area contributed by atoms with Crippen molar-refractivity contribution >= 4 is 57.0 Å². The highest BCUT2D eigenvalue weighted by Gasteiger charge is 2.08. The van der Waals surface area contributed by atoms with E-state index in [1.165, 1.54) is 41.4 Å². The second kappa shape index (κ2) is 7.73. The smallest absolute Gasteiger partial charge is 0.250 e. The number of fused-ring (bicyclic) bond motifs is 1. The summed E-state index contributed by atoms with van der Waals surface area (Å²) in [4.78, 5) is 16.3. The number of phenolic OH excluding ortho intramolecular Hbond substituents is 2. The molecule has 0 aliphatic rings. The number of nitrogens with one attached hydrogen (secondary N) is 1. The number of hydrogen-bond acceptors (Lipinski definition) is 7. The number of hydrazone groups is 1. The number of benzene rings is 2. The summed E-state index contributed by atoms with van der Waals surface area (Å²) in [5.74, 6) is -0.852. The minimum absolute atomic E-state index is 0.000770.